The zero-order valence-electron chi connectivity index (χ0n) is 21.0. The average Bonchev–Trinajstić information content (AvgIpc) is 3.21. The number of carboxylic acid groups (broad SMARTS) is 1. The summed E-state index contributed by atoms with van der Waals surface area (Å²) in [6.45, 7) is 14.1. The standard InChI is InChI=1S/C26H37N3O5/c1-17-22(24(30)31)15-21-14-20(16-29(21)23(17)18(2)27-10-12-33-13-11-27)19-6-8-28(9-7-19)25(32)34-26(3,4)5/h14-16,18-19H,6-13H2,1-5H3,(H,30,31). The van der Waals surface area contributed by atoms with Crippen LogP contribution in [0.3, 0.4) is 0 Å². The summed E-state index contributed by atoms with van der Waals surface area (Å²) in [5.41, 5.74) is 3.78. The molecular weight excluding hydrogens is 434 g/mol. The van der Waals surface area contributed by atoms with E-state index in [2.05, 4.69) is 28.5 Å². The predicted octanol–water partition coefficient (Wildman–Crippen LogP) is 4.45. The van der Waals surface area contributed by atoms with Crippen molar-refractivity contribution in [3.63, 3.8) is 0 Å². The number of carbonyl (C=O) groups is 2. The SMILES string of the molecule is Cc1c(C(=O)O)cc2cc(C3CCN(C(=O)OC(C)(C)C)CC3)cn2c1C(C)N1CCOCC1. The van der Waals surface area contributed by atoms with Crippen LogP contribution in [-0.4, -0.2) is 76.4 Å². The van der Waals surface area contributed by atoms with Gasteiger partial charge in [0.1, 0.15) is 5.60 Å². The maximum Gasteiger partial charge on any atom is 0.410 e. The van der Waals surface area contributed by atoms with Gasteiger partial charge < -0.3 is 23.9 Å². The van der Waals surface area contributed by atoms with Gasteiger partial charge in [-0.3, -0.25) is 4.90 Å². The van der Waals surface area contributed by atoms with E-state index in [0.717, 1.165) is 42.7 Å². The Morgan fingerprint density at radius 2 is 1.76 bits per heavy atom. The van der Waals surface area contributed by atoms with E-state index in [4.69, 9.17) is 9.47 Å². The summed E-state index contributed by atoms with van der Waals surface area (Å²) in [4.78, 5) is 28.6. The Morgan fingerprint density at radius 3 is 2.35 bits per heavy atom. The lowest BCUT2D eigenvalue weighted by atomic mass is 9.91. The van der Waals surface area contributed by atoms with Crippen LogP contribution >= 0.6 is 0 Å². The number of aromatic nitrogens is 1. The van der Waals surface area contributed by atoms with Gasteiger partial charge in [0.05, 0.1) is 18.8 Å². The molecule has 2 aromatic rings. The summed E-state index contributed by atoms with van der Waals surface area (Å²) in [6, 6.07) is 3.97. The molecule has 4 heterocycles. The summed E-state index contributed by atoms with van der Waals surface area (Å²) >= 11 is 0. The Morgan fingerprint density at radius 1 is 1.12 bits per heavy atom. The zero-order valence-corrected chi connectivity index (χ0v) is 21.0. The molecule has 186 valence electrons. The van der Waals surface area contributed by atoms with Gasteiger partial charge in [0.25, 0.3) is 0 Å². The molecule has 0 radical (unpaired) electrons. The van der Waals surface area contributed by atoms with Gasteiger partial charge in [-0.1, -0.05) is 0 Å². The second-order valence-electron chi connectivity index (χ2n) is 10.5. The van der Waals surface area contributed by atoms with Crippen LogP contribution in [0.2, 0.25) is 0 Å². The third-order valence-electron chi connectivity index (χ3n) is 7.05. The van der Waals surface area contributed by atoms with Crippen molar-refractivity contribution in [1.82, 2.24) is 14.2 Å². The van der Waals surface area contributed by atoms with Crippen LogP contribution in [0.4, 0.5) is 4.79 Å². The van der Waals surface area contributed by atoms with Gasteiger partial charge in [-0.05, 0) is 76.6 Å². The van der Waals surface area contributed by atoms with E-state index >= 15 is 0 Å². The molecule has 1 N–H and O–H groups in total. The Bertz CT molecular complexity index is 1060. The normalized spacial score (nSPS) is 19.4. The number of nitrogens with zero attached hydrogens (tertiary/aromatic N) is 3. The first-order valence-electron chi connectivity index (χ1n) is 12.2. The van der Waals surface area contributed by atoms with Crippen LogP contribution in [0, 0.1) is 6.92 Å². The minimum atomic E-state index is -0.899. The number of fused-ring (bicyclic) bond motifs is 1. The zero-order chi connectivity index (χ0) is 24.6. The molecule has 0 bridgehead atoms. The van der Waals surface area contributed by atoms with Gasteiger partial charge in [-0.2, -0.15) is 0 Å². The number of amides is 1. The maximum absolute atomic E-state index is 12.4. The quantitative estimate of drug-likeness (QED) is 0.709. The summed E-state index contributed by atoms with van der Waals surface area (Å²) in [6.07, 6.45) is 3.63. The topological polar surface area (TPSA) is 83.7 Å². The second-order valence-corrected chi connectivity index (χ2v) is 10.5. The number of pyridine rings is 1. The van der Waals surface area contributed by atoms with Crippen molar-refractivity contribution in [2.75, 3.05) is 39.4 Å². The molecule has 0 saturated carbocycles. The number of rotatable bonds is 4. The van der Waals surface area contributed by atoms with Crippen LogP contribution in [0.25, 0.3) is 5.52 Å². The van der Waals surface area contributed by atoms with Crippen molar-refractivity contribution in [3.8, 4) is 0 Å². The number of hydrogen-bond acceptors (Lipinski definition) is 5. The van der Waals surface area contributed by atoms with Gasteiger partial charge in [0, 0.05) is 49.6 Å². The van der Waals surface area contributed by atoms with Gasteiger partial charge in [-0.15, -0.1) is 0 Å². The third-order valence-corrected chi connectivity index (χ3v) is 7.05. The summed E-state index contributed by atoms with van der Waals surface area (Å²) in [7, 11) is 0. The Labute approximate surface area is 201 Å². The van der Waals surface area contributed by atoms with Crippen LogP contribution in [0.5, 0.6) is 0 Å². The number of aromatic carboxylic acids is 1. The van der Waals surface area contributed by atoms with Crippen molar-refractivity contribution >= 4 is 17.6 Å². The van der Waals surface area contributed by atoms with Crippen LogP contribution < -0.4 is 0 Å². The third kappa shape index (κ3) is 5.08. The second kappa shape index (κ2) is 9.58. The first-order valence-corrected chi connectivity index (χ1v) is 12.2. The summed E-state index contributed by atoms with van der Waals surface area (Å²) < 4.78 is 13.2. The molecule has 8 nitrogen and oxygen atoms in total. The lowest BCUT2D eigenvalue weighted by molar-refractivity contribution is 0.0187. The Kier molecular flexibility index (Phi) is 6.92. The molecule has 0 aromatic carbocycles. The largest absolute Gasteiger partial charge is 0.478 e. The molecule has 0 aliphatic carbocycles. The number of likely N-dealkylation sites (tertiary alicyclic amines) is 1. The van der Waals surface area contributed by atoms with E-state index < -0.39 is 11.6 Å². The fraction of sp³-hybridized carbons (Fsp3) is 0.615. The minimum absolute atomic E-state index is 0.0694. The molecule has 2 aliphatic heterocycles. The van der Waals surface area contributed by atoms with E-state index in [1.165, 1.54) is 5.56 Å². The maximum atomic E-state index is 12.4. The molecule has 1 unspecified atom stereocenters. The molecule has 0 spiro atoms. The molecule has 2 saturated heterocycles. The van der Waals surface area contributed by atoms with Crippen molar-refractivity contribution in [1.29, 1.82) is 0 Å². The fourth-order valence-electron chi connectivity index (χ4n) is 5.22. The molecule has 1 atom stereocenters. The lowest BCUT2D eigenvalue weighted by Gasteiger charge is -2.34. The number of ether oxygens (including phenoxy) is 2. The average molecular weight is 472 g/mol. The van der Waals surface area contributed by atoms with Crippen molar-refractivity contribution in [2.45, 2.75) is 65.0 Å². The smallest absolute Gasteiger partial charge is 0.410 e. The first kappa shape index (κ1) is 24.5. The molecule has 2 aromatic heterocycles. The molecule has 4 rings (SSSR count). The Hall–Kier alpha value is -2.58. The van der Waals surface area contributed by atoms with E-state index in [0.29, 0.717) is 37.8 Å². The number of piperidine rings is 1. The van der Waals surface area contributed by atoms with Crippen LogP contribution in [0.1, 0.15) is 79.7 Å². The summed E-state index contributed by atoms with van der Waals surface area (Å²) in [5, 5.41) is 9.87. The highest BCUT2D eigenvalue weighted by Gasteiger charge is 2.30. The number of morpholine rings is 1. The van der Waals surface area contributed by atoms with Crippen LogP contribution in [0.15, 0.2) is 18.3 Å². The highest BCUT2D eigenvalue weighted by molar-refractivity contribution is 5.91. The highest BCUT2D eigenvalue weighted by Crippen LogP contribution is 2.34. The molecule has 2 aliphatic rings. The minimum Gasteiger partial charge on any atom is -0.478 e. The lowest BCUT2D eigenvalue weighted by Crippen LogP contribution is -2.41. The van der Waals surface area contributed by atoms with E-state index in [1.54, 1.807) is 11.0 Å². The number of hydrogen-bond donors (Lipinski definition) is 1. The number of carboxylic acids is 1. The highest BCUT2D eigenvalue weighted by atomic mass is 16.6. The van der Waals surface area contributed by atoms with E-state index in [1.807, 2.05) is 27.7 Å². The van der Waals surface area contributed by atoms with Gasteiger partial charge >= 0.3 is 12.1 Å². The van der Waals surface area contributed by atoms with Crippen molar-refractivity contribution in [3.05, 3.63) is 40.7 Å². The number of carbonyl (C=O) groups excluding carboxylic acids is 1. The van der Waals surface area contributed by atoms with E-state index in [9.17, 15) is 14.7 Å². The molecular formula is C26H37N3O5. The first-order chi connectivity index (χ1) is 16.0. The predicted molar refractivity (Wildman–Crippen MR) is 130 cm³/mol. The monoisotopic (exact) mass is 471 g/mol. The Balaban J connectivity index is 1.61. The summed E-state index contributed by atoms with van der Waals surface area (Å²) in [5.74, 6) is -0.581. The molecule has 8 heteroatoms. The van der Waals surface area contributed by atoms with Gasteiger partial charge in [-0.25, -0.2) is 9.59 Å². The van der Waals surface area contributed by atoms with Crippen molar-refractivity contribution < 1.29 is 24.2 Å². The fourth-order valence-corrected chi connectivity index (χ4v) is 5.22. The molecule has 34 heavy (non-hydrogen) atoms. The van der Waals surface area contributed by atoms with Crippen molar-refractivity contribution in [2.24, 2.45) is 0 Å². The van der Waals surface area contributed by atoms with Crippen LogP contribution in [-0.2, 0) is 9.47 Å². The van der Waals surface area contributed by atoms with Gasteiger partial charge in [0.15, 0.2) is 0 Å². The molecule has 2 fully saturated rings. The van der Waals surface area contributed by atoms with E-state index in [-0.39, 0.29) is 12.1 Å². The van der Waals surface area contributed by atoms with Gasteiger partial charge in [0.2, 0.25) is 0 Å². The molecule has 1 amide bonds.